The Morgan fingerprint density at radius 3 is 2.07 bits per heavy atom. The van der Waals surface area contributed by atoms with Crippen LogP contribution in [0.25, 0.3) is 0 Å². The van der Waals surface area contributed by atoms with Gasteiger partial charge >= 0.3 is 0 Å². The summed E-state index contributed by atoms with van der Waals surface area (Å²) in [5.74, 6) is 0. The molecule has 0 radical (unpaired) electrons. The highest BCUT2D eigenvalue weighted by Gasteiger charge is 2.01. The lowest BCUT2D eigenvalue weighted by Crippen LogP contribution is -1.90. The average Bonchev–Trinajstić information content (AvgIpc) is 2.10. The zero-order chi connectivity index (χ0) is 11.1. The molecule has 1 rings (SSSR count). The van der Waals surface area contributed by atoms with Crippen molar-refractivity contribution >= 4 is 16.8 Å². The van der Waals surface area contributed by atoms with Crippen LogP contribution in [0.4, 0.5) is 0 Å². The lowest BCUT2D eigenvalue weighted by atomic mass is 10.1. The molecule has 0 amide bonds. The number of ether oxygens (including phenoxy) is 1. The molecule has 0 fully saturated rings. The van der Waals surface area contributed by atoms with Gasteiger partial charge < -0.3 is 4.74 Å². The standard InChI is InChI=1S/C9H9ClO.C2H6O/c1-6-3-4-8(9(10)11)5-7(6)2;1-3-2/h3-5H,1-2H3;1-2H3. The number of carbonyl (C=O) groups is 1. The van der Waals surface area contributed by atoms with Crippen LogP contribution < -0.4 is 0 Å². The van der Waals surface area contributed by atoms with E-state index in [0.717, 1.165) is 5.56 Å². The Hall–Kier alpha value is -0.860. The highest BCUT2D eigenvalue weighted by Crippen LogP contribution is 2.11. The van der Waals surface area contributed by atoms with E-state index in [0.29, 0.717) is 5.56 Å². The van der Waals surface area contributed by atoms with E-state index < -0.39 is 5.24 Å². The van der Waals surface area contributed by atoms with Gasteiger partial charge in [-0.3, -0.25) is 4.79 Å². The number of carbonyl (C=O) groups excluding carboxylic acids is 1. The number of halogens is 1. The highest BCUT2D eigenvalue weighted by molar-refractivity contribution is 6.67. The van der Waals surface area contributed by atoms with Crippen molar-refractivity contribution in [3.8, 4) is 0 Å². The van der Waals surface area contributed by atoms with Crippen molar-refractivity contribution < 1.29 is 9.53 Å². The first kappa shape index (κ1) is 13.1. The fourth-order valence-corrected chi connectivity index (χ4v) is 0.981. The van der Waals surface area contributed by atoms with E-state index in [2.05, 4.69) is 4.74 Å². The number of rotatable bonds is 1. The molecule has 0 aliphatic carbocycles. The minimum absolute atomic E-state index is 0.395. The number of hydrogen-bond acceptors (Lipinski definition) is 2. The molecular weight excluding hydrogens is 200 g/mol. The minimum Gasteiger partial charge on any atom is -0.388 e. The van der Waals surface area contributed by atoms with Crippen LogP contribution in [0.1, 0.15) is 21.5 Å². The van der Waals surface area contributed by atoms with E-state index in [9.17, 15) is 4.79 Å². The second kappa shape index (κ2) is 6.57. The van der Waals surface area contributed by atoms with Gasteiger partial charge in [0.1, 0.15) is 0 Å². The molecule has 0 aliphatic rings. The van der Waals surface area contributed by atoms with Gasteiger partial charge in [-0.25, -0.2) is 0 Å². The normalized spacial score (nSPS) is 8.93. The molecule has 0 N–H and O–H groups in total. The molecule has 0 atom stereocenters. The molecule has 0 aliphatic heterocycles. The Morgan fingerprint density at radius 2 is 1.71 bits per heavy atom. The zero-order valence-corrected chi connectivity index (χ0v) is 9.68. The number of methoxy groups -OCH3 is 1. The molecule has 0 unspecified atom stereocenters. The van der Waals surface area contributed by atoms with Crippen LogP contribution in [-0.4, -0.2) is 19.5 Å². The quantitative estimate of drug-likeness (QED) is 0.672. The first-order valence-corrected chi connectivity index (χ1v) is 4.58. The van der Waals surface area contributed by atoms with Crippen LogP contribution in [0.5, 0.6) is 0 Å². The van der Waals surface area contributed by atoms with Crippen LogP contribution in [0.3, 0.4) is 0 Å². The lowest BCUT2D eigenvalue weighted by Gasteiger charge is -1.99. The third kappa shape index (κ3) is 4.40. The fraction of sp³-hybridized carbons (Fsp3) is 0.364. The molecule has 2 nitrogen and oxygen atoms in total. The Bertz CT molecular complexity index is 308. The second-order valence-corrected chi connectivity index (χ2v) is 3.32. The first-order chi connectivity index (χ1) is 6.52. The third-order valence-corrected chi connectivity index (χ3v) is 1.95. The Labute approximate surface area is 89.8 Å². The van der Waals surface area contributed by atoms with Crippen molar-refractivity contribution in [2.45, 2.75) is 13.8 Å². The van der Waals surface area contributed by atoms with Crippen LogP contribution in [0, 0.1) is 13.8 Å². The van der Waals surface area contributed by atoms with Gasteiger partial charge in [-0.1, -0.05) is 6.07 Å². The minimum atomic E-state index is -0.395. The summed E-state index contributed by atoms with van der Waals surface area (Å²) < 4.78 is 4.25. The Morgan fingerprint density at radius 1 is 1.21 bits per heavy atom. The monoisotopic (exact) mass is 214 g/mol. The van der Waals surface area contributed by atoms with E-state index in [1.54, 1.807) is 26.4 Å². The zero-order valence-electron chi connectivity index (χ0n) is 8.93. The highest BCUT2D eigenvalue weighted by atomic mass is 35.5. The summed E-state index contributed by atoms with van der Waals surface area (Å²) in [6.45, 7) is 3.95. The van der Waals surface area contributed by atoms with E-state index in [4.69, 9.17) is 11.6 Å². The number of aryl methyl sites for hydroxylation is 2. The van der Waals surface area contributed by atoms with Crippen molar-refractivity contribution in [3.63, 3.8) is 0 Å². The van der Waals surface area contributed by atoms with Gasteiger partial charge in [0.15, 0.2) is 0 Å². The molecule has 1 aromatic rings. The molecule has 0 saturated heterocycles. The molecule has 0 heterocycles. The van der Waals surface area contributed by atoms with E-state index >= 15 is 0 Å². The summed E-state index contributed by atoms with van der Waals surface area (Å²) in [6.07, 6.45) is 0. The summed E-state index contributed by atoms with van der Waals surface area (Å²) in [6, 6.07) is 5.42. The molecule has 1 aromatic carbocycles. The van der Waals surface area contributed by atoms with Crippen molar-refractivity contribution in [3.05, 3.63) is 34.9 Å². The number of hydrogen-bond donors (Lipinski definition) is 0. The smallest absolute Gasteiger partial charge is 0.252 e. The maximum absolute atomic E-state index is 10.7. The van der Waals surface area contributed by atoms with Gasteiger partial charge in [0, 0.05) is 19.8 Å². The number of benzene rings is 1. The molecule has 0 bridgehead atoms. The van der Waals surface area contributed by atoms with Gasteiger partial charge in [0.25, 0.3) is 5.24 Å². The van der Waals surface area contributed by atoms with Gasteiger partial charge in [-0.15, -0.1) is 0 Å². The summed E-state index contributed by atoms with van der Waals surface area (Å²) in [5, 5.41) is -0.395. The predicted molar refractivity (Wildman–Crippen MR) is 59.0 cm³/mol. The van der Waals surface area contributed by atoms with Crippen LogP contribution in [0.15, 0.2) is 18.2 Å². The Balaban J connectivity index is 0.000000500. The van der Waals surface area contributed by atoms with Gasteiger partial charge in [-0.2, -0.15) is 0 Å². The van der Waals surface area contributed by atoms with Crippen LogP contribution in [0.2, 0.25) is 0 Å². The summed E-state index contributed by atoms with van der Waals surface area (Å²) in [4.78, 5) is 10.7. The first-order valence-electron chi connectivity index (χ1n) is 4.20. The third-order valence-electron chi connectivity index (χ3n) is 1.73. The second-order valence-electron chi connectivity index (χ2n) is 2.98. The molecule has 78 valence electrons. The van der Waals surface area contributed by atoms with Crippen molar-refractivity contribution in [1.82, 2.24) is 0 Å². The molecule has 0 spiro atoms. The van der Waals surface area contributed by atoms with Gasteiger partial charge in [0.2, 0.25) is 0 Å². The molecular formula is C11H15ClO2. The fourth-order valence-electron chi connectivity index (χ4n) is 0.864. The van der Waals surface area contributed by atoms with E-state index in [-0.39, 0.29) is 0 Å². The molecule has 0 aromatic heterocycles. The topological polar surface area (TPSA) is 26.3 Å². The van der Waals surface area contributed by atoms with Gasteiger partial charge in [-0.05, 0) is 48.7 Å². The summed E-state index contributed by atoms with van der Waals surface area (Å²) >= 11 is 5.29. The van der Waals surface area contributed by atoms with Crippen molar-refractivity contribution in [2.24, 2.45) is 0 Å². The van der Waals surface area contributed by atoms with Crippen molar-refractivity contribution in [1.29, 1.82) is 0 Å². The lowest BCUT2D eigenvalue weighted by molar-refractivity contribution is 0.108. The molecule has 0 saturated carbocycles. The van der Waals surface area contributed by atoms with Crippen molar-refractivity contribution in [2.75, 3.05) is 14.2 Å². The predicted octanol–water partition coefficient (Wildman–Crippen LogP) is 2.95. The van der Waals surface area contributed by atoms with Crippen LogP contribution >= 0.6 is 11.6 Å². The summed E-state index contributed by atoms with van der Waals surface area (Å²) in [7, 11) is 3.25. The SMILES string of the molecule is COC.Cc1ccc(C(=O)Cl)cc1C. The average molecular weight is 215 g/mol. The van der Waals surface area contributed by atoms with Crippen LogP contribution in [-0.2, 0) is 4.74 Å². The molecule has 3 heteroatoms. The van der Waals surface area contributed by atoms with Gasteiger partial charge in [0.05, 0.1) is 0 Å². The maximum Gasteiger partial charge on any atom is 0.252 e. The molecule has 14 heavy (non-hydrogen) atoms. The van der Waals surface area contributed by atoms with E-state index in [1.807, 2.05) is 19.9 Å². The maximum atomic E-state index is 10.7. The van der Waals surface area contributed by atoms with E-state index in [1.165, 1.54) is 5.56 Å². The summed E-state index contributed by atoms with van der Waals surface area (Å²) in [5.41, 5.74) is 2.83. The Kier molecular flexibility index (Phi) is 6.17. The largest absolute Gasteiger partial charge is 0.388 e.